The van der Waals surface area contributed by atoms with Crippen LogP contribution in [0.25, 0.3) is 10.9 Å². The number of nitrogens with zero attached hydrogens (tertiary/aromatic N) is 2. The minimum Gasteiger partial charge on any atom is -0.342 e. The molecule has 156 valence electrons. The molecule has 0 atom stereocenters. The number of nitrogens with one attached hydrogen (secondary N) is 1. The van der Waals surface area contributed by atoms with E-state index in [1.807, 2.05) is 32.0 Å². The van der Waals surface area contributed by atoms with Gasteiger partial charge in [0.25, 0.3) is 0 Å². The molecule has 1 amide bonds. The first-order chi connectivity index (χ1) is 15.0. The van der Waals surface area contributed by atoms with Crippen molar-refractivity contribution in [1.82, 2.24) is 9.99 Å². The predicted octanol–water partition coefficient (Wildman–Crippen LogP) is 5.60. The summed E-state index contributed by atoms with van der Waals surface area (Å²) in [6.07, 6.45) is 4.14. The minimum atomic E-state index is -0.118. The Morgan fingerprint density at radius 2 is 1.84 bits per heavy atom. The molecule has 0 aliphatic carbocycles. The molecule has 1 aromatic heterocycles. The van der Waals surface area contributed by atoms with Crippen LogP contribution in [0, 0.1) is 17.4 Å². The maximum Gasteiger partial charge on any atom is 0.244 e. The summed E-state index contributed by atoms with van der Waals surface area (Å²) in [5.41, 5.74) is 9.34. The van der Waals surface area contributed by atoms with Gasteiger partial charge in [-0.15, -0.1) is 0 Å². The number of carbonyl (C=O) groups excluding carboxylic acids is 1. The standard InChI is InChI=1S/C26H24IN3O/c1-18-7-8-19(2)21(13-18)14-26(31)29-28-15-22-17-30(25-6-4-3-5-24(22)25)16-20-9-11-23(27)12-10-20/h3-13,15,17H,14,16H2,1-2H3,(H,29,31)/b28-15-. The van der Waals surface area contributed by atoms with Crippen LogP contribution < -0.4 is 5.43 Å². The summed E-state index contributed by atoms with van der Waals surface area (Å²) in [6.45, 7) is 4.84. The van der Waals surface area contributed by atoms with Crippen LogP contribution in [-0.4, -0.2) is 16.7 Å². The van der Waals surface area contributed by atoms with Crippen LogP contribution in [0.1, 0.15) is 27.8 Å². The third-order valence-corrected chi connectivity index (χ3v) is 6.05. The van der Waals surface area contributed by atoms with Crippen LogP contribution in [0.4, 0.5) is 0 Å². The Morgan fingerprint density at radius 3 is 2.65 bits per heavy atom. The van der Waals surface area contributed by atoms with Gasteiger partial charge in [-0.2, -0.15) is 5.10 Å². The van der Waals surface area contributed by atoms with Crippen molar-refractivity contribution in [3.8, 4) is 0 Å². The number of hydrogen-bond donors (Lipinski definition) is 1. The zero-order chi connectivity index (χ0) is 21.8. The number of amides is 1. The van der Waals surface area contributed by atoms with E-state index in [1.54, 1.807) is 6.21 Å². The zero-order valence-corrected chi connectivity index (χ0v) is 19.8. The molecule has 0 aliphatic heterocycles. The number of fused-ring (bicyclic) bond motifs is 1. The first kappa shape index (κ1) is 21.3. The number of hydrogen-bond acceptors (Lipinski definition) is 2. The van der Waals surface area contributed by atoms with E-state index < -0.39 is 0 Å². The van der Waals surface area contributed by atoms with Crippen molar-refractivity contribution in [2.45, 2.75) is 26.8 Å². The SMILES string of the molecule is Cc1ccc(C)c(CC(=O)N/N=C\c2cn(Cc3ccc(I)cc3)c3ccccc23)c1. The lowest BCUT2D eigenvalue weighted by Crippen LogP contribution is -2.20. The summed E-state index contributed by atoms with van der Waals surface area (Å²) in [6, 6.07) is 23.0. The molecule has 0 spiro atoms. The summed E-state index contributed by atoms with van der Waals surface area (Å²) in [5.74, 6) is -0.118. The number of halogens is 1. The normalized spacial score (nSPS) is 11.3. The number of aromatic nitrogens is 1. The predicted molar refractivity (Wildman–Crippen MR) is 136 cm³/mol. The Bertz CT molecular complexity index is 1260. The summed E-state index contributed by atoms with van der Waals surface area (Å²) in [4.78, 5) is 12.4. The topological polar surface area (TPSA) is 46.4 Å². The minimum absolute atomic E-state index is 0.118. The van der Waals surface area contributed by atoms with Gasteiger partial charge in [-0.3, -0.25) is 4.79 Å². The maximum absolute atomic E-state index is 12.4. The van der Waals surface area contributed by atoms with E-state index in [2.05, 4.69) is 92.4 Å². The molecule has 0 aliphatic rings. The van der Waals surface area contributed by atoms with Crippen molar-refractivity contribution < 1.29 is 4.79 Å². The van der Waals surface area contributed by atoms with Gasteiger partial charge >= 0.3 is 0 Å². The Morgan fingerprint density at radius 1 is 1.06 bits per heavy atom. The molecule has 0 bridgehead atoms. The van der Waals surface area contributed by atoms with Crippen LogP contribution >= 0.6 is 22.6 Å². The molecule has 1 N–H and O–H groups in total. The van der Waals surface area contributed by atoms with Gasteiger partial charge in [0.1, 0.15) is 0 Å². The molecule has 0 unspecified atom stereocenters. The van der Waals surface area contributed by atoms with E-state index in [1.165, 1.54) is 9.13 Å². The fraction of sp³-hybridized carbons (Fsp3) is 0.154. The lowest BCUT2D eigenvalue weighted by molar-refractivity contribution is -0.120. The quantitative estimate of drug-likeness (QED) is 0.200. The van der Waals surface area contributed by atoms with Gasteiger partial charge < -0.3 is 4.57 Å². The monoisotopic (exact) mass is 521 g/mol. The average molecular weight is 521 g/mol. The Labute approximate surface area is 196 Å². The highest BCUT2D eigenvalue weighted by Crippen LogP contribution is 2.21. The van der Waals surface area contributed by atoms with Gasteiger partial charge in [0, 0.05) is 32.8 Å². The van der Waals surface area contributed by atoms with Crippen molar-refractivity contribution in [1.29, 1.82) is 0 Å². The number of aryl methyl sites for hydroxylation is 2. The Hall–Kier alpha value is -2.93. The molecule has 5 heteroatoms. The van der Waals surface area contributed by atoms with Crippen LogP contribution in [0.2, 0.25) is 0 Å². The van der Waals surface area contributed by atoms with E-state index >= 15 is 0 Å². The third kappa shape index (κ3) is 5.22. The van der Waals surface area contributed by atoms with Crippen LogP contribution in [0.5, 0.6) is 0 Å². The van der Waals surface area contributed by atoms with E-state index in [0.29, 0.717) is 6.42 Å². The van der Waals surface area contributed by atoms with E-state index in [-0.39, 0.29) is 5.91 Å². The Balaban J connectivity index is 1.50. The van der Waals surface area contributed by atoms with Gasteiger partial charge in [-0.05, 0) is 71.3 Å². The smallest absolute Gasteiger partial charge is 0.244 e. The zero-order valence-electron chi connectivity index (χ0n) is 17.6. The molecule has 1 heterocycles. The summed E-state index contributed by atoms with van der Waals surface area (Å²) < 4.78 is 3.44. The van der Waals surface area contributed by atoms with Gasteiger partial charge in [-0.25, -0.2) is 5.43 Å². The van der Waals surface area contributed by atoms with Gasteiger partial charge in [0.15, 0.2) is 0 Å². The number of rotatable bonds is 6. The second kappa shape index (κ2) is 9.47. The Kier molecular flexibility index (Phi) is 6.51. The highest BCUT2D eigenvalue weighted by molar-refractivity contribution is 14.1. The summed E-state index contributed by atoms with van der Waals surface area (Å²) in [7, 11) is 0. The second-order valence-electron chi connectivity index (χ2n) is 7.76. The summed E-state index contributed by atoms with van der Waals surface area (Å²) >= 11 is 2.32. The average Bonchev–Trinajstić information content (AvgIpc) is 3.10. The maximum atomic E-state index is 12.4. The molecule has 0 saturated heterocycles. The molecule has 0 radical (unpaired) electrons. The van der Waals surface area contributed by atoms with E-state index in [0.717, 1.165) is 39.7 Å². The highest BCUT2D eigenvalue weighted by Gasteiger charge is 2.08. The van der Waals surface area contributed by atoms with Gasteiger partial charge in [0.2, 0.25) is 5.91 Å². The second-order valence-corrected chi connectivity index (χ2v) is 9.00. The van der Waals surface area contributed by atoms with Gasteiger partial charge in [0.05, 0.1) is 12.6 Å². The number of para-hydroxylation sites is 1. The first-order valence-electron chi connectivity index (χ1n) is 10.2. The van der Waals surface area contributed by atoms with Crippen molar-refractivity contribution >= 4 is 45.6 Å². The van der Waals surface area contributed by atoms with Crippen LogP contribution in [0.15, 0.2) is 78.0 Å². The molecular weight excluding hydrogens is 497 g/mol. The van der Waals surface area contributed by atoms with Crippen molar-refractivity contribution in [3.05, 3.63) is 104 Å². The van der Waals surface area contributed by atoms with E-state index in [9.17, 15) is 4.79 Å². The van der Waals surface area contributed by atoms with Crippen molar-refractivity contribution in [2.75, 3.05) is 0 Å². The molecule has 31 heavy (non-hydrogen) atoms. The number of hydrazone groups is 1. The molecule has 4 aromatic rings. The van der Waals surface area contributed by atoms with Gasteiger partial charge in [-0.1, -0.05) is 54.1 Å². The molecule has 4 nitrogen and oxygen atoms in total. The van der Waals surface area contributed by atoms with Crippen LogP contribution in [-0.2, 0) is 17.8 Å². The lowest BCUT2D eigenvalue weighted by Gasteiger charge is -2.06. The summed E-state index contributed by atoms with van der Waals surface area (Å²) in [5, 5.41) is 5.34. The molecular formula is C26H24IN3O. The number of benzene rings is 3. The third-order valence-electron chi connectivity index (χ3n) is 5.33. The molecule has 0 saturated carbocycles. The fourth-order valence-corrected chi connectivity index (χ4v) is 4.03. The van der Waals surface area contributed by atoms with Crippen molar-refractivity contribution in [2.24, 2.45) is 5.10 Å². The van der Waals surface area contributed by atoms with Crippen molar-refractivity contribution in [3.63, 3.8) is 0 Å². The highest BCUT2D eigenvalue weighted by atomic mass is 127. The van der Waals surface area contributed by atoms with E-state index in [4.69, 9.17) is 0 Å². The first-order valence-corrected chi connectivity index (χ1v) is 11.3. The largest absolute Gasteiger partial charge is 0.342 e. The number of carbonyl (C=O) groups is 1. The molecule has 4 rings (SSSR count). The fourth-order valence-electron chi connectivity index (χ4n) is 3.67. The molecule has 0 fully saturated rings. The van der Waals surface area contributed by atoms with Crippen LogP contribution in [0.3, 0.4) is 0 Å². The molecule has 3 aromatic carbocycles. The lowest BCUT2D eigenvalue weighted by atomic mass is 10.0.